The lowest BCUT2D eigenvalue weighted by molar-refractivity contribution is -0.116. The molecule has 0 bridgehead atoms. The standard InChI is InChI=1S/C13H21N3O2/c1-3-11-13(9(2)18-16-11)15-12(17)5-4-10-6-7-14-8-10/h10,14H,3-8H2,1-2H3,(H,15,17). The first kappa shape index (κ1) is 13.1. The summed E-state index contributed by atoms with van der Waals surface area (Å²) in [6, 6.07) is 0. The molecule has 5 heteroatoms. The van der Waals surface area contributed by atoms with Crippen LogP contribution in [0.5, 0.6) is 0 Å². The maximum atomic E-state index is 11.9. The number of rotatable bonds is 5. The van der Waals surface area contributed by atoms with Crippen LogP contribution in [0.3, 0.4) is 0 Å². The topological polar surface area (TPSA) is 67.2 Å². The zero-order valence-electron chi connectivity index (χ0n) is 11.1. The van der Waals surface area contributed by atoms with Gasteiger partial charge in [0.1, 0.15) is 11.4 Å². The van der Waals surface area contributed by atoms with Crippen molar-refractivity contribution in [3.8, 4) is 0 Å². The van der Waals surface area contributed by atoms with Gasteiger partial charge < -0.3 is 15.2 Å². The van der Waals surface area contributed by atoms with Crippen LogP contribution in [0.2, 0.25) is 0 Å². The van der Waals surface area contributed by atoms with Crippen LogP contribution in [0.15, 0.2) is 4.52 Å². The highest BCUT2D eigenvalue weighted by atomic mass is 16.5. The third-order valence-corrected chi connectivity index (χ3v) is 3.47. The Hall–Kier alpha value is -1.36. The molecule has 1 unspecified atom stereocenters. The number of nitrogens with one attached hydrogen (secondary N) is 2. The van der Waals surface area contributed by atoms with E-state index < -0.39 is 0 Å². The largest absolute Gasteiger partial charge is 0.359 e. The van der Waals surface area contributed by atoms with E-state index in [4.69, 9.17) is 4.52 Å². The van der Waals surface area contributed by atoms with Crippen LogP contribution in [0.25, 0.3) is 0 Å². The normalized spacial score (nSPS) is 19.1. The number of carbonyl (C=O) groups is 1. The highest BCUT2D eigenvalue weighted by molar-refractivity contribution is 5.91. The van der Waals surface area contributed by atoms with Crippen molar-refractivity contribution in [2.24, 2.45) is 5.92 Å². The molecule has 0 aliphatic carbocycles. The van der Waals surface area contributed by atoms with E-state index in [-0.39, 0.29) is 5.91 Å². The summed E-state index contributed by atoms with van der Waals surface area (Å²) in [6.07, 6.45) is 3.46. The van der Waals surface area contributed by atoms with Gasteiger partial charge in [0.25, 0.3) is 0 Å². The number of aryl methyl sites for hydroxylation is 2. The minimum Gasteiger partial charge on any atom is -0.359 e. The van der Waals surface area contributed by atoms with Crippen LogP contribution in [0.4, 0.5) is 5.69 Å². The second-order valence-electron chi connectivity index (χ2n) is 4.86. The molecular weight excluding hydrogens is 230 g/mol. The van der Waals surface area contributed by atoms with E-state index in [1.165, 1.54) is 6.42 Å². The molecule has 1 amide bonds. The Morgan fingerprint density at radius 2 is 2.44 bits per heavy atom. The van der Waals surface area contributed by atoms with E-state index in [1.54, 1.807) is 0 Å². The Labute approximate surface area is 107 Å². The smallest absolute Gasteiger partial charge is 0.224 e. The fourth-order valence-electron chi connectivity index (χ4n) is 2.32. The van der Waals surface area contributed by atoms with E-state index in [1.807, 2.05) is 13.8 Å². The second-order valence-corrected chi connectivity index (χ2v) is 4.86. The molecule has 1 aliphatic rings. The van der Waals surface area contributed by atoms with Gasteiger partial charge in [-0.25, -0.2) is 0 Å². The Bertz CT molecular complexity index is 408. The monoisotopic (exact) mass is 251 g/mol. The highest BCUT2D eigenvalue weighted by Crippen LogP contribution is 2.21. The third kappa shape index (κ3) is 3.10. The molecule has 1 aromatic heterocycles. The fraction of sp³-hybridized carbons (Fsp3) is 0.692. The predicted octanol–water partition coefficient (Wildman–Crippen LogP) is 1.87. The summed E-state index contributed by atoms with van der Waals surface area (Å²) in [6.45, 7) is 5.94. The van der Waals surface area contributed by atoms with Crippen molar-refractivity contribution in [1.29, 1.82) is 0 Å². The van der Waals surface area contributed by atoms with Crippen LogP contribution in [0, 0.1) is 12.8 Å². The Kier molecular flexibility index (Phi) is 4.36. The minimum atomic E-state index is 0.0582. The predicted molar refractivity (Wildman–Crippen MR) is 69.5 cm³/mol. The highest BCUT2D eigenvalue weighted by Gasteiger charge is 2.18. The van der Waals surface area contributed by atoms with Gasteiger partial charge in [-0.15, -0.1) is 0 Å². The first-order valence-corrected chi connectivity index (χ1v) is 6.66. The van der Waals surface area contributed by atoms with Crippen molar-refractivity contribution < 1.29 is 9.32 Å². The van der Waals surface area contributed by atoms with E-state index in [0.717, 1.165) is 37.3 Å². The molecule has 18 heavy (non-hydrogen) atoms. The van der Waals surface area contributed by atoms with Crippen LogP contribution in [-0.4, -0.2) is 24.2 Å². The van der Waals surface area contributed by atoms with Gasteiger partial charge >= 0.3 is 0 Å². The van der Waals surface area contributed by atoms with E-state index in [0.29, 0.717) is 18.1 Å². The Morgan fingerprint density at radius 3 is 3.11 bits per heavy atom. The summed E-state index contributed by atoms with van der Waals surface area (Å²) in [5.74, 6) is 1.38. The van der Waals surface area contributed by atoms with Gasteiger partial charge in [-0.05, 0) is 45.2 Å². The van der Waals surface area contributed by atoms with Crippen molar-refractivity contribution >= 4 is 11.6 Å². The third-order valence-electron chi connectivity index (χ3n) is 3.47. The molecule has 1 fully saturated rings. The summed E-state index contributed by atoms with van der Waals surface area (Å²) < 4.78 is 5.09. The molecule has 0 saturated carbocycles. The van der Waals surface area contributed by atoms with E-state index in [2.05, 4.69) is 15.8 Å². The Morgan fingerprint density at radius 1 is 1.61 bits per heavy atom. The van der Waals surface area contributed by atoms with Crippen LogP contribution < -0.4 is 10.6 Å². The SMILES string of the molecule is CCc1noc(C)c1NC(=O)CCC1CCNC1. The number of anilines is 1. The van der Waals surface area contributed by atoms with Crippen molar-refractivity contribution in [1.82, 2.24) is 10.5 Å². The molecule has 1 aliphatic heterocycles. The van der Waals surface area contributed by atoms with Gasteiger partial charge in [-0.3, -0.25) is 4.79 Å². The molecule has 0 spiro atoms. The minimum absolute atomic E-state index is 0.0582. The van der Waals surface area contributed by atoms with Gasteiger partial charge in [0.2, 0.25) is 5.91 Å². The first-order chi connectivity index (χ1) is 8.70. The molecular formula is C13H21N3O2. The van der Waals surface area contributed by atoms with E-state index in [9.17, 15) is 4.79 Å². The Balaban J connectivity index is 1.84. The van der Waals surface area contributed by atoms with E-state index >= 15 is 0 Å². The molecule has 0 radical (unpaired) electrons. The van der Waals surface area contributed by atoms with Crippen molar-refractivity contribution in [3.05, 3.63) is 11.5 Å². The molecule has 5 nitrogen and oxygen atoms in total. The molecule has 2 rings (SSSR count). The molecule has 100 valence electrons. The molecule has 2 N–H and O–H groups in total. The molecule has 2 heterocycles. The average Bonchev–Trinajstić information content (AvgIpc) is 2.98. The summed E-state index contributed by atoms with van der Waals surface area (Å²) >= 11 is 0. The maximum Gasteiger partial charge on any atom is 0.224 e. The first-order valence-electron chi connectivity index (χ1n) is 6.66. The van der Waals surface area contributed by atoms with Crippen LogP contribution in [0.1, 0.15) is 37.6 Å². The van der Waals surface area contributed by atoms with Gasteiger partial charge in [-0.2, -0.15) is 0 Å². The molecule has 1 aromatic rings. The zero-order valence-corrected chi connectivity index (χ0v) is 11.1. The number of aromatic nitrogens is 1. The van der Waals surface area contributed by atoms with Gasteiger partial charge in [0, 0.05) is 6.42 Å². The molecule has 1 saturated heterocycles. The lowest BCUT2D eigenvalue weighted by atomic mass is 10.0. The zero-order chi connectivity index (χ0) is 13.0. The van der Waals surface area contributed by atoms with Crippen molar-refractivity contribution in [3.63, 3.8) is 0 Å². The van der Waals surface area contributed by atoms with Gasteiger partial charge in [-0.1, -0.05) is 12.1 Å². The summed E-state index contributed by atoms with van der Waals surface area (Å²) in [4.78, 5) is 11.9. The van der Waals surface area contributed by atoms with Gasteiger partial charge in [0.05, 0.1) is 0 Å². The number of hydrogen-bond acceptors (Lipinski definition) is 4. The number of amides is 1. The molecule has 1 atom stereocenters. The lowest BCUT2D eigenvalue weighted by Gasteiger charge is -2.08. The van der Waals surface area contributed by atoms with Gasteiger partial charge in [0.15, 0.2) is 5.76 Å². The maximum absolute atomic E-state index is 11.9. The second kappa shape index (κ2) is 6.00. The number of nitrogens with zero attached hydrogens (tertiary/aromatic N) is 1. The summed E-state index contributed by atoms with van der Waals surface area (Å²) in [7, 11) is 0. The average molecular weight is 251 g/mol. The number of hydrogen-bond donors (Lipinski definition) is 2. The number of carbonyl (C=O) groups excluding carboxylic acids is 1. The summed E-state index contributed by atoms with van der Waals surface area (Å²) in [5, 5.41) is 10.2. The van der Waals surface area contributed by atoms with Crippen molar-refractivity contribution in [2.45, 2.75) is 39.5 Å². The molecule has 0 aromatic carbocycles. The quantitative estimate of drug-likeness (QED) is 0.838. The lowest BCUT2D eigenvalue weighted by Crippen LogP contribution is -2.15. The fourth-order valence-corrected chi connectivity index (χ4v) is 2.32. The summed E-state index contributed by atoms with van der Waals surface area (Å²) in [5.41, 5.74) is 1.58. The van der Waals surface area contributed by atoms with Crippen LogP contribution in [-0.2, 0) is 11.2 Å². The van der Waals surface area contributed by atoms with Crippen molar-refractivity contribution in [2.75, 3.05) is 18.4 Å². The van der Waals surface area contributed by atoms with Crippen LogP contribution >= 0.6 is 0 Å².